The van der Waals surface area contributed by atoms with Crippen molar-refractivity contribution in [2.75, 3.05) is 0 Å². The molecule has 3 aliphatic carbocycles. The quantitative estimate of drug-likeness (QED) is 0.635. The molecule has 0 bridgehead atoms. The summed E-state index contributed by atoms with van der Waals surface area (Å²) in [5.74, 6) is 0. The van der Waals surface area contributed by atoms with Gasteiger partial charge in [0.2, 0.25) is 0 Å². The molecule has 1 nitrogen and oxygen atoms in total. The van der Waals surface area contributed by atoms with Crippen molar-refractivity contribution >= 4 is 0 Å². The highest BCUT2D eigenvalue weighted by Gasteiger charge is 2.53. The Morgan fingerprint density at radius 1 is 1.13 bits per heavy atom. The second-order valence-corrected chi connectivity index (χ2v) is 4.97. The first-order valence-corrected chi connectivity index (χ1v) is 5.35. The number of hydrogen-bond acceptors (Lipinski definition) is 1. The minimum atomic E-state index is 0.124. The second-order valence-electron chi connectivity index (χ2n) is 4.97. The lowest BCUT2D eigenvalue weighted by molar-refractivity contribution is 0.233. The fraction of sp³-hybridized carbons (Fsp3) is 0.286. The van der Waals surface area contributed by atoms with E-state index in [1.165, 1.54) is 11.1 Å². The van der Waals surface area contributed by atoms with Crippen LogP contribution in [-0.2, 0) is 0 Å². The van der Waals surface area contributed by atoms with Gasteiger partial charge in [-0.1, -0.05) is 44.2 Å². The molecule has 0 spiro atoms. The van der Waals surface area contributed by atoms with Gasteiger partial charge in [0, 0.05) is 16.5 Å². The molecule has 1 heteroatoms. The smallest absolute Gasteiger partial charge is 0.0317 e. The van der Waals surface area contributed by atoms with Crippen molar-refractivity contribution < 1.29 is 0 Å². The van der Waals surface area contributed by atoms with Crippen LogP contribution in [0.15, 0.2) is 59.4 Å². The molecule has 0 heterocycles. The van der Waals surface area contributed by atoms with Crippen LogP contribution in [0.2, 0.25) is 0 Å². The minimum Gasteiger partial charge on any atom is -0.399 e. The third kappa shape index (κ3) is 0.840. The molecule has 2 unspecified atom stereocenters. The molecule has 0 aromatic rings. The normalized spacial score (nSPS) is 40.8. The molecule has 0 amide bonds. The molecule has 0 saturated heterocycles. The van der Waals surface area contributed by atoms with E-state index in [-0.39, 0.29) is 10.8 Å². The first-order valence-electron chi connectivity index (χ1n) is 5.35. The predicted molar refractivity (Wildman–Crippen MR) is 62.9 cm³/mol. The number of hydrogen-bond donors (Lipinski definition) is 1. The zero-order valence-corrected chi connectivity index (χ0v) is 9.12. The van der Waals surface area contributed by atoms with E-state index < -0.39 is 0 Å². The Morgan fingerprint density at radius 2 is 1.93 bits per heavy atom. The van der Waals surface area contributed by atoms with Crippen LogP contribution in [0.1, 0.15) is 13.8 Å². The molecule has 0 radical (unpaired) electrons. The highest BCUT2D eigenvalue weighted by molar-refractivity contribution is 5.60. The lowest BCUT2D eigenvalue weighted by Gasteiger charge is -2.54. The third-order valence-corrected chi connectivity index (χ3v) is 4.18. The molecule has 2 N–H and O–H groups in total. The Labute approximate surface area is 90.4 Å². The van der Waals surface area contributed by atoms with Gasteiger partial charge in [0.15, 0.2) is 0 Å². The molecule has 0 aromatic carbocycles. The van der Waals surface area contributed by atoms with Crippen LogP contribution in [0, 0.1) is 10.8 Å². The summed E-state index contributed by atoms with van der Waals surface area (Å²) in [7, 11) is 0. The molecule has 15 heavy (non-hydrogen) atoms. The van der Waals surface area contributed by atoms with Gasteiger partial charge in [-0.05, 0) is 23.3 Å². The zero-order chi connectivity index (χ0) is 10.7. The summed E-state index contributed by atoms with van der Waals surface area (Å²) in [6, 6.07) is 0. The maximum absolute atomic E-state index is 5.89. The van der Waals surface area contributed by atoms with Gasteiger partial charge in [-0.25, -0.2) is 0 Å². The molecular formula is C14H15N. The van der Waals surface area contributed by atoms with E-state index in [0.717, 1.165) is 5.70 Å². The summed E-state index contributed by atoms with van der Waals surface area (Å²) < 4.78 is 0. The van der Waals surface area contributed by atoms with Crippen LogP contribution in [0.25, 0.3) is 0 Å². The van der Waals surface area contributed by atoms with Crippen molar-refractivity contribution in [1.82, 2.24) is 0 Å². The van der Waals surface area contributed by atoms with Crippen LogP contribution >= 0.6 is 0 Å². The Hall–Kier alpha value is -1.50. The lowest BCUT2D eigenvalue weighted by Crippen LogP contribution is -2.46. The van der Waals surface area contributed by atoms with Gasteiger partial charge in [-0.3, -0.25) is 0 Å². The van der Waals surface area contributed by atoms with Crippen LogP contribution in [0.5, 0.6) is 0 Å². The van der Waals surface area contributed by atoms with E-state index in [9.17, 15) is 0 Å². The molecule has 0 aliphatic heterocycles. The first kappa shape index (κ1) is 8.78. The standard InChI is InChI=1S/C14H15N/c1-13-7-3-4-10-5-6-12(15)8-11(9-13)14(10,13)2/h3-9H,15H2,1-2H3. The molecule has 3 rings (SSSR count). The monoisotopic (exact) mass is 197 g/mol. The maximum Gasteiger partial charge on any atom is 0.0317 e. The van der Waals surface area contributed by atoms with Crippen LogP contribution < -0.4 is 5.73 Å². The molecule has 2 atom stereocenters. The fourth-order valence-electron chi connectivity index (χ4n) is 2.88. The van der Waals surface area contributed by atoms with Gasteiger partial charge >= 0.3 is 0 Å². The van der Waals surface area contributed by atoms with E-state index in [0.29, 0.717) is 0 Å². The summed E-state index contributed by atoms with van der Waals surface area (Å²) >= 11 is 0. The summed E-state index contributed by atoms with van der Waals surface area (Å²) in [6.07, 6.45) is 15.2. The topological polar surface area (TPSA) is 26.0 Å². The summed E-state index contributed by atoms with van der Waals surface area (Å²) in [5.41, 5.74) is 9.74. The second kappa shape index (κ2) is 2.35. The van der Waals surface area contributed by atoms with E-state index in [1.807, 2.05) is 6.08 Å². The maximum atomic E-state index is 5.89. The Balaban J connectivity index is 2.28. The van der Waals surface area contributed by atoms with Crippen molar-refractivity contribution in [3.63, 3.8) is 0 Å². The highest BCUT2D eigenvalue weighted by atomic mass is 14.6. The average Bonchev–Trinajstić information content (AvgIpc) is 2.30. The lowest BCUT2D eigenvalue weighted by atomic mass is 9.48. The van der Waals surface area contributed by atoms with Crippen molar-refractivity contribution in [1.29, 1.82) is 0 Å². The summed E-state index contributed by atoms with van der Waals surface area (Å²) in [4.78, 5) is 0. The summed E-state index contributed by atoms with van der Waals surface area (Å²) in [6.45, 7) is 4.58. The zero-order valence-electron chi connectivity index (χ0n) is 9.12. The average molecular weight is 197 g/mol. The molecular weight excluding hydrogens is 182 g/mol. The van der Waals surface area contributed by atoms with Gasteiger partial charge in [0.1, 0.15) is 0 Å². The highest BCUT2D eigenvalue weighted by Crippen LogP contribution is 2.63. The number of nitrogens with two attached hydrogens (primary N) is 1. The van der Waals surface area contributed by atoms with E-state index >= 15 is 0 Å². The van der Waals surface area contributed by atoms with Gasteiger partial charge in [-0.15, -0.1) is 0 Å². The van der Waals surface area contributed by atoms with E-state index in [1.54, 1.807) is 0 Å². The summed E-state index contributed by atoms with van der Waals surface area (Å²) in [5, 5.41) is 0. The molecule has 76 valence electrons. The number of allylic oxidation sites excluding steroid dienone is 9. The third-order valence-electron chi connectivity index (χ3n) is 4.18. The number of rotatable bonds is 0. The van der Waals surface area contributed by atoms with Crippen molar-refractivity contribution in [3.05, 3.63) is 59.4 Å². The Kier molecular flexibility index (Phi) is 1.38. The Bertz CT molecular complexity index is 487. The van der Waals surface area contributed by atoms with Gasteiger partial charge in [0.05, 0.1) is 0 Å². The van der Waals surface area contributed by atoms with Crippen molar-refractivity contribution in [2.24, 2.45) is 16.6 Å². The molecule has 3 aliphatic rings. The molecule has 0 fully saturated rings. The Morgan fingerprint density at radius 3 is 2.73 bits per heavy atom. The SMILES string of the molecule is CC12C=CC=C3C=CC(N)=CC(=C1)C32C. The predicted octanol–water partition coefficient (Wildman–Crippen LogP) is 2.85. The first-order chi connectivity index (χ1) is 7.06. The van der Waals surface area contributed by atoms with Gasteiger partial charge < -0.3 is 5.73 Å². The minimum absolute atomic E-state index is 0.124. The van der Waals surface area contributed by atoms with Gasteiger partial charge in [-0.2, -0.15) is 0 Å². The molecule has 0 aromatic heterocycles. The fourth-order valence-corrected chi connectivity index (χ4v) is 2.88. The largest absolute Gasteiger partial charge is 0.399 e. The van der Waals surface area contributed by atoms with E-state index in [2.05, 4.69) is 50.3 Å². The van der Waals surface area contributed by atoms with Crippen LogP contribution in [0.4, 0.5) is 0 Å². The van der Waals surface area contributed by atoms with Crippen molar-refractivity contribution in [2.45, 2.75) is 13.8 Å². The van der Waals surface area contributed by atoms with Crippen molar-refractivity contribution in [3.8, 4) is 0 Å². The molecule has 0 saturated carbocycles. The van der Waals surface area contributed by atoms with Crippen LogP contribution in [-0.4, -0.2) is 0 Å². The van der Waals surface area contributed by atoms with Crippen LogP contribution in [0.3, 0.4) is 0 Å². The van der Waals surface area contributed by atoms with E-state index in [4.69, 9.17) is 5.73 Å². The van der Waals surface area contributed by atoms with Gasteiger partial charge in [0.25, 0.3) is 0 Å².